The average Bonchev–Trinajstić information content (AvgIpc) is 3.31. The molecule has 160 valence electrons. The molecule has 3 aromatic carbocycles. The van der Waals surface area contributed by atoms with Crippen molar-refractivity contribution >= 4 is 51.7 Å². The number of methoxy groups -OCH3 is 1. The molecule has 3 aromatic rings. The Morgan fingerprint density at radius 1 is 0.938 bits per heavy atom. The number of benzene rings is 3. The molecular weight excluding hydrogens is 445 g/mol. The summed E-state index contributed by atoms with van der Waals surface area (Å²) in [4.78, 5) is 23.6. The number of aliphatic imine (C=N–C) groups is 1. The maximum absolute atomic E-state index is 13.6. The summed E-state index contributed by atoms with van der Waals surface area (Å²) in [6, 6.07) is 21.2. The fraction of sp³-hybridized carbons (Fsp3) is 0.0833. The number of halogens is 1. The first-order chi connectivity index (χ1) is 15.5. The minimum atomic E-state index is -0.359. The number of para-hydroxylation sites is 1. The molecule has 2 aliphatic rings. The summed E-state index contributed by atoms with van der Waals surface area (Å²) >= 11 is 2.88. The second-order valence-electron chi connectivity index (χ2n) is 7.07. The number of nitrogens with zero attached hydrogens (tertiary/aromatic N) is 3. The Morgan fingerprint density at radius 2 is 1.66 bits per heavy atom. The molecule has 2 aliphatic heterocycles. The third-order valence-electron chi connectivity index (χ3n) is 5.10. The molecule has 32 heavy (non-hydrogen) atoms. The predicted molar refractivity (Wildman–Crippen MR) is 129 cm³/mol. The number of fused-ring (bicyclic) bond motifs is 1. The first kappa shape index (κ1) is 20.7. The highest BCUT2D eigenvalue weighted by molar-refractivity contribution is 8.20. The molecule has 1 amide bonds. The SMILES string of the molecule is COc1ccc(N=C2S/C(=C3\Sc4ccccc4N3C)C(=O)N2c2ccc(F)cc2)cc1. The molecule has 0 unspecified atom stereocenters. The Hall–Kier alpha value is -3.23. The molecule has 2 heterocycles. The number of carbonyl (C=O) groups excluding carboxylic acids is 1. The number of hydrogen-bond acceptors (Lipinski definition) is 6. The molecule has 5 rings (SSSR count). The molecule has 1 saturated heterocycles. The highest BCUT2D eigenvalue weighted by Gasteiger charge is 2.40. The van der Waals surface area contributed by atoms with Crippen molar-refractivity contribution in [1.82, 2.24) is 0 Å². The lowest BCUT2D eigenvalue weighted by Gasteiger charge is -2.16. The molecule has 0 aliphatic carbocycles. The number of hydrogen-bond donors (Lipinski definition) is 0. The van der Waals surface area contributed by atoms with Crippen molar-refractivity contribution in [2.45, 2.75) is 4.90 Å². The number of ether oxygens (including phenoxy) is 1. The fourth-order valence-corrected chi connectivity index (χ4v) is 5.81. The molecule has 0 radical (unpaired) electrons. The molecule has 0 N–H and O–H groups in total. The lowest BCUT2D eigenvalue weighted by molar-refractivity contribution is -0.113. The van der Waals surface area contributed by atoms with E-state index in [0.29, 0.717) is 21.4 Å². The van der Waals surface area contributed by atoms with Crippen LogP contribution < -0.4 is 14.5 Å². The molecule has 5 nitrogen and oxygen atoms in total. The van der Waals surface area contributed by atoms with Gasteiger partial charge in [0, 0.05) is 11.9 Å². The van der Waals surface area contributed by atoms with E-state index in [2.05, 4.69) is 0 Å². The summed E-state index contributed by atoms with van der Waals surface area (Å²) in [5.41, 5.74) is 2.31. The Bertz CT molecular complexity index is 1260. The second-order valence-corrected chi connectivity index (χ2v) is 9.08. The minimum Gasteiger partial charge on any atom is -0.497 e. The summed E-state index contributed by atoms with van der Waals surface area (Å²) in [5, 5.41) is 1.37. The molecule has 0 spiro atoms. The highest BCUT2D eigenvalue weighted by Crippen LogP contribution is 2.50. The van der Waals surface area contributed by atoms with Gasteiger partial charge in [-0.2, -0.15) is 0 Å². The Kier molecular flexibility index (Phi) is 5.40. The summed E-state index contributed by atoms with van der Waals surface area (Å²) < 4.78 is 18.8. The van der Waals surface area contributed by atoms with Crippen LogP contribution in [0, 0.1) is 5.82 Å². The molecule has 8 heteroatoms. The van der Waals surface area contributed by atoms with E-state index in [1.807, 2.05) is 60.5 Å². The number of rotatable bonds is 3. The van der Waals surface area contributed by atoms with Gasteiger partial charge >= 0.3 is 0 Å². The van der Waals surface area contributed by atoms with Crippen LogP contribution in [0.2, 0.25) is 0 Å². The van der Waals surface area contributed by atoms with E-state index >= 15 is 0 Å². The zero-order valence-corrected chi connectivity index (χ0v) is 18.9. The van der Waals surface area contributed by atoms with Crippen LogP contribution in [0.25, 0.3) is 0 Å². The first-order valence-electron chi connectivity index (χ1n) is 9.80. The molecule has 1 fully saturated rings. The standard InChI is InChI=1S/C24H18FN3O2S2/c1-27-19-5-3-4-6-20(19)31-23(27)21-22(29)28(17-11-7-15(25)8-12-17)24(32-21)26-16-9-13-18(30-2)14-10-16/h3-14H,1-2H3/b23-21-,26-24?. The summed E-state index contributed by atoms with van der Waals surface area (Å²) in [7, 11) is 3.56. The van der Waals surface area contributed by atoms with Crippen LogP contribution in [-0.4, -0.2) is 25.2 Å². The lowest BCUT2D eigenvalue weighted by atomic mass is 10.2. The minimum absolute atomic E-state index is 0.184. The molecular formula is C24H18FN3O2S2. The highest BCUT2D eigenvalue weighted by atomic mass is 32.2. The molecule has 0 atom stereocenters. The lowest BCUT2D eigenvalue weighted by Crippen LogP contribution is -2.29. The summed E-state index contributed by atoms with van der Waals surface area (Å²) in [5.74, 6) is 0.182. The monoisotopic (exact) mass is 463 g/mol. The number of amidine groups is 1. The van der Waals surface area contributed by atoms with Crippen LogP contribution >= 0.6 is 23.5 Å². The van der Waals surface area contributed by atoms with Gasteiger partial charge in [0.25, 0.3) is 5.91 Å². The van der Waals surface area contributed by atoms with Crippen LogP contribution in [0.3, 0.4) is 0 Å². The fourth-order valence-electron chi connectivity index (χ4n) is 3.46. The molecule has 0 saturated carbocycles. The van der Waals surface area contributed by atoms with E-state index in [-0.39, 0.29) is 11.7 Å². The van der Waals surface area contributed by atoms with Crippen LogP contribution in [0.4, 0.5) is 21.5 Å². The number of thioether (sulfide) groups is 2. The molecule has 0 aromatic heterocycles. The van der Waals surface area contributed by atoms with Gasteiger partial charge in [-0.15, -0.1) is 0 Å². The topological polar surface area (TPSA) is 45.1 Å². The maximum atomic E-state index is 13.6. The Morgan fingerprint density at radius 3 is 2.34 bits per heavy atom. The van der Waals surface area contributed by atoms with Gasteiger partial charge in [0.05, 0.1) is 29.2 Å². The largest absolute Gasteiger partial charge is 0.497 e. The van der Waals surface area contributed by atoms with E-state index < -0.39 is 0 Å². The first-order valence-corrected chi connectivity index (χ1v) is 11.4. The van der Waals surface area contributed by atoms with Gasteiger partial charge in [0.2, 0.25) is 0 Å². The van der Waals surface area contributed by atoms with Crippen LogP contribution in [0.1, 0.15) is 0 Å². The number of anilines is 2. The number of amides is 1. The van der Waals surface area contributed by atoms with E-state index in [0.717, 1.165) is 21.4 Å². The summed E-state index contributed by atoms with van der Waals surface area (Å²) in [6.07, 6.45) is 0. The van der Waals surface area contributed by atoms with E-state index in [1.165, 1.54) is 28.8 Å². The van der Waals surface area contributed by atoms with Gasteiger partial charge in [-0.05, 0) is 72.4 Å². The van der Waals surface area contributed by atoms with E-state index in [9.17, 15) is 9.18 Å². The van der Waals surface area contributed by atoms with Gasteiger partial charge in [-0.25, -0.2) is 9.38 Å². The van der Waals surface area contributed by atoms with Crippen molar-refractivity contribution in [2.75, 3.05) is 24.0 Å². The number of carbonyl (C=O) groups is 1. The predicted octanol–water partition coefficient (Wildman–Crippen LogP) is 6.01. The maximum Gasteiger partial charge on any atom is 0.274 e. The van der Waals surface area contributed by atoms with E-state index in [4.69, 9.17) is 9.73 Å². The Labute approximate surface area is 193 Å². The third kappa shape index (κ3) is 3.65. The summed E-state index contributed by atoms with van der Waals surface area (Å²) in [6.45, 7) is 0. The average molecular weight is 464 g/mol. The third-order valence-corrected chi connectivity index (χ3v) is 7.49. The quantitative estimate of drug-likeness (QED) is 0.445. The van der Waals surface area contributed by atoms with E-state index in [1.54, 1.807) is 31.0 Å². The van der Waals surface area contributed by atoms with Gasteiger partial charge in [0.1, 0.15) is 16.5 Å². The van der Waals surface area contributed by atoms with Crippen molar-refractivity contribution in [2.24, 2.45) is 4.99 Å². The van der Waals surface area contributed by atoms with Crippen LogP contribution in [0.5, 0.6) is 5.75 Å². The smallest absolute Gasteiger partial charge is 0.274 e. The van der Waals surface area contributed by atoms with Gasteiger partial charge in [0.15, 0.2) is 5.17 Å². The second kappa shape index (κ2) is 8.37. The zero-order valence-electron chi connectivity index (χ0n) is 17.3. The van der Waals surface area contributed by atoms with Crippen molar-refractivity contribution in [1.29, 1.82) is 0 Å². The van der Waals surface area contributed by atoms with Crippen molar-refractivity contribution in [3.8, 4) is 5.75 Å². The van der Waals surface area contributed by atoms with Crippen molar-refractivity contribution in [3.05, 3.63) is 88.5 Å². The van der Waals surface area contributed by atoms with Crippen LogP contribution in [-0.2, 0) is 4.79 Å². The molecule has 0 bridgehead atoms. The Balaban J connectivity index is 1.59. The van der Waals surface area contributed by atoms with Crippen molar-refractivity contribution in [3.63, 3.8) is 0 Å². The van der Waals surface area contributed by atoms with Gasteiger partial charge in [-0.1, -0.05) is 23.9 Å². The van der Waals surface area contributed by atoms with Crippen LogP contribution in [0.15, 0.2) is 92.6 Å². The van der Waals surface area contributed by atoms with Crippen molar-refractivity contribution < 1.29 is 13.9 Å². The van der Waals surface area contributed by atoms with Gasteiger partial charge in [-0.3, -0.25) is 9.69 Å². The zero-order chi connectivity index (χ0) is 22.2. The normalized spacial score (nSPS) is 19.1. The van der Waals surface area contributed by atoms with Gasteiger partial charge < -0.3 is 9.64 Å².